The average Bonchev–Trinajstić information content (AvgIpc) is 2.71. The third kappa shape index (κ3) is 2.11. The number of fused-ring (bicyclic) bond motifs is 3. The Morgan fingerprint density at radius 3 is 3.11 bits per heavy atom. The van der Waals surface area contributed by atoms with E-state index < -0.39 is 5.97 Å². The van der Waals surface area contributed by atoms with Crippen LogP contribution in [0.4, 0.5) is 0 Å². The molecule has 96 valence electrons. The lowest BCUT2D eigenvalue weighted by molar-refractivity contribution is -0.142. The Bertz CT molecular complexity index is 482. The van der Waals surface area contributed by atoms with E-state index in [1.807, 2.05) is 12.2 Å². The summed E-state index contributed by atoms with van der Waals surface area (Å²) in [5.74, 6) is -0.830. The molecule has 0 saturated carbocycles. The predicted octanol–water partition coefficient (Wildman–Crippen LogP) is 1.89. The lowest BCUT2D eigenvalue weighted by atomic mass is 9.81. The van der Waals surface area contributed by atoms with Gasteiger partial charge in [-0.2, -0.15) is 10.2 Å². The molecule has 0 aromatic carbocycles. The van der Waals surface area contributed by atoms with Crippen LogP contribution in [0.5, 0.6) is 0 Å². The minimum atomic E-state index is -0.725. The number of hydrogen-bond acceptors (Lipinski definition) is 4. The first-order valence-electron chi connectivity index (χ1n) is 5.71. The molecule has 0 bridgehead atoms. The molecule has 3 aliphatic rings. The molecule has 0 aromatic rings. The molecule has 1 aliphatic carbocycles. The second-order valence-electron chi connectivity index (χ2n) is 4.56. The second-order valence-corrected chi connectivity index (χ2v) is 4.56. The van der Waals surface area contributed by atoms with Gasteiger partial charge in [-0.25, -0.2) is 0 Å². The van der Waals surface area contributed by atoms with Crippen LogP contribution in [0.1, 0.15) is 6.42 Å². The number of halogens is 1. The summed E-state index contributed by atoms with van der Waals surface area (Å²) in [4.78, 5) is 11.0. The predicted molar refractivity (Wildman–Crippen MR) is 68.4 cm³/mol. The van der Waals surface area contributed by atoms with Crippen LogP contribution in [0.3, 0.4) is 0 Å². The van der Waals surface area contributed by atoms with Gasteiger partial charge < -0.3 is 10.4 Å². The van der Waals surface area contributed by atoms with Crippen molar-refractivity contribution in [1.82, 2.24) is 5.32 Å². The Morgan fingerprint density at radius 2 is 2.33 bits per heavy atom. The zero-order valence-electron chi connectivity index (χ0n) is 9.61. The standard InChI is InChI=1S/C12H13N3O2.ClH/c16-12(17)8-4-7-2-1-3-10-9(6-14-15-10)11(7)13-5-8;/h1-3,6-8,11,13H,4-5H2,(H,16,17);1H. The number of carbonyl (C=O) groups is 1. The Balaban J connectivity index is 0.00000120. The minimum absolute atomic E-state index is 0. The van der Waals surface area contributed by atoms with Crippen LogP contribution in [-0.2, 0) is 4.79 Å². The average molecular weight is 268 g/mol. The normalized spacial score (nSPS) is 32.6. The summed E-state index contributed by atoms with van der Waals surface area (Å²) in [6.45, 7) is 0.509. The van der Waals surface area contributed by atoms with Crippen molar-refractivity contribution in [2.24, 2.45) is 22.1 Å². The van der Waals surface area contributed by atoms with E-state index in [9.17, 15) is 4.79 Å². The van der Waals surface area contributed by atoms with E-state index in [4.69, 9.17) is 5.11 Å². The Hall–Kier alpha value is -1.46. The van der Waals surface area contributed by atoms with Gasteiger partial charge in [-0.1, -0.05) is 12.2 Å². The number of allylic oxidation sites excluding steroid dienone is 2. The SMILES string of the molecule is Cl.O=C(O)C1CNC2C3=CN=NC3=CC=CC2C1. The van der Waals surface area contributed by atoms with E-state index in [0.717, 1.165) is 11.3 Å². The van der Waals surface area contributed by atoms with E-state index in [-0.39, 0.29) is 30.3 Å². The fraction of sp³-hybridized carbons (Fsp3) is 0.417. The number of aliphatic carboxylic acids is 1. The molecule has 5 nitrogen and oxygen atoms in total. The maximum absolute atomic E-state index is 11.0. The van der Waals surface area contributed by atoms with E-state index in [1.54, 1.807) is 6.20 Å². The summed E-state index contributed by atoms with van der Waals surface area (Å²) in [5, 5.41) is 20.3. The van der Waals surface area contributed by atoms with Gasteiger partial charge in [0.1, 0.15) is 0 Å². The van der Waals surface area contributed by atoms with Crippen LogP contribution >= 0.6 is 12.4 Å². The summed E-state index contributed by atoms with van der Waals surface area (Å²) < 4.78 is 0. The molecule has 3 unspecified atom stereocenters. The van der Waals surface area contributed by atoms with Crippen molar-refractivity contribution in [3.05, 3.63) is 35.7 Å². The highest BCUT2D eigenvalue weighted by molar-refractivity contribution is 5.85. The van der Waals surface area contributed by atoms with Gasteiger partial charge in [0.2, 0.25) is 0 Å². The van der Waals surface area contributed by atoms with E-state index >= 15 is 0 Å². The molecule has 0 spiro atoms. The highest BCUT2D eigenvalue weighted by Gasteiger charge is 2.36. The molecular formula is C12H14ClN3O2. The molecule has 0 radical (unpaired) electrons. The summed E-state index contributed by atoms with van der Waals surface area (Å²) >= 11 is 0. The van der Waals surface area contributed by atoms with Crippen molar-refractivity contribution < 1.29 is 9.90 Å². The van der Waals surface area contributed by atoms with Crippen LogP contribution < -0.4 is 5.32 Å². The fourth-order valence-electron chi connectivity index (χ4n) is 2.62. The smallest absolute Gasteiger partial charge is 0.307 e. The van der Waals surface area contributed by atoms with Gasteiger partial charge in [-0.15, -0.1) is 12.4 Å². The number of rotatable bonds is 1. The summed E-state index contributed by atoms with van der Waals surface area (Å²) in [5.41, 5.74) is 1.96. The lowest BCUT2D eigenvalue weighted by Gasteiger charge is -2.34. The van der Waals surface area contributed by atoms with Crippen molar-refractivity contribution in [3.8, 4) is 0 Å². The molecule has 2 N–H and O–H groups in total. The maximum atomic E-state index is 11.0. The number of nitrogens with one attached hydrogen (secondary N) is 1. The van der Waals surface area contributed by atoms with Gasteiger partial charge in [0.05, 0.1) is 17.8 Å². The number of carboxylic acids is 1. The van der Waals surface area contributed by atoms with Gasteiger partial charge in [0.15, 0.2) is 0 Å². The third-order valence-corrected chi connectivity index (χ3v) is 3.52. The number of azo groups is 1. The van der Waals surface area contributed by atoms with Crippen molar-refractivity contribution in [3.63, 3.8) is 0 Å². The van der Waals surface area contributed by atoms with Gasteiger partial charge >= 0.3 is 5.97 Å². The van der Waals surface area contributed by atoms with Crippen molar-refractivity contribution >= 4 is 18.4 Å². The van der Waals surface area contributed by atoms with Crippen molar-refractivity contribution in [1.29, 1.82) is 0 Å². The number of hydrogen-bond donors (Lipinski definition) is 2. The largest absolute Gasteiger partial charge is 0.481 e. The van der Waals surface area contributed by atoms with Gasteiger partial charge in [-0.3, -0.25) is 4.79 Å². The molecule has 3 atom stereocenters. The molecule has 3 rings (SSSR count). The van der Waals surface area contributed by atoms with Crippen LogP contribution in [-0.4, -0.2) is 23.7 Å². The van der Waals surface area contributed by atoms with Crippen LogP contribution in [0.25, 0.3) is 0 Å². The molecule has 2 heterocycles. The van der Waals surface area contributed by atoms with Crippen LogP contribution in [0.2, 0.25) is 0 Å². The van der Waals surface area contributed by atoms with E-state index in [2.05, 4.69) is 21.6 Å². The Morgan fingerprint density at radius 1 is 1.50 bits per heavy atom. The number of carboxylic acid groups (broad SMARTS) is 1. The summed E-state index contributed by atoms with van der Waals surface area (Å²) in [6, 6.07) is 0.144. The minimum Gasteiger partial charge on any atom is -0.481 e. The molecule has 1 saturated heterocycles. The quantitative estimate of drug-likeness (QED) is 0.762. The Kier molecular flexibility index (Phi) is 3.63. The topological polar surface area (TPSA) is 74.0 Å². The summed E-state index contributed by atoms with van der Waals surface area (Å²) in [6.07, 6.45) is 8.38. The van der Waals surface area contributed by atoms with Crippen molar-refractivity contribution in [2.75, 3.05) is 6.54 Å². The molecule has 0 amide bonds. The molecule has 6 heteroatoms. The zero-order chi connectivity index (χ0) is 11.8. The first kappa shape index (κ1) is 13.0. The molecule has 0 aromatic heterocycles. The maximum Gasteiger partial charge on any atom is 0.307 e. The van der Waals surface area contributed by atoms with Gasteiger partial charge in [0.25, 0.3) is 0 Å². The fourth-order valence-corrected chi connectivity index (χ4v) is 2.62. The zero-order valence-corrected chi connectivity index (χ0v) is 10.4. The monoisotopic (exact) mass is 267 g/mol. The highest BCUT2D eigenvalue weighted by atomic mass is 35.5. The van der Waals surface area contributed by atoms with Crippen LogP contribution in [0, 0.1) is 11.8 Å². The second kappa shape index (κ2) is 5.04. The molecule has 1 fully saturated rings. The first-order valence-corrected chi connectivity index (χ1v) is 5.71. The van der Waals surface area contributed by atoms with E-state index in [1.165, 1.54) is 0 Å². The van der Waals surface area contributed by atoms with Crippen molar-refractivity contribution in [2.45, 2.75) is 12.5 Å². The van der Waals surface area contributed by atoms with Gasteiger partial charge in [0, 0.05) is 18.2 Å². The third-order valence-electron chi connectivity index (χ3n) is 3.52. The van der Waals surface area contributed by atoms with E-state index in [0.29, 0.717) is 13.0 Å². The summed E-state index contributed by atoms with van der Waals surface area (Å²) in [7, 11) is 0. The molecular weight excluding hydrogens is 254 g/mol. The van der Waals surface area contributed by atoms with Crippen LogP contribution in [0.15, 0.2) is 45.9 Å². The first-order chi connectivity index (χ1) is 8.25. The Labute approximate surface area is 111 Å². The highest BCUT2D eigenvalue weighted by Crippen LogP contribution is 2.34. The number of nitrogens with zero attached hydrogens (tertiary/aromatic N) is 2. The van der Waals surface area contributed by atoms with Gasteiger partial charge in [-0.05, 0) is 18.4 Å². The molecule has 18 heavy (non-hydrogen) atoms. The lowest BCUT2D eigenvalue weighted by Crippen LogP contribution is -2.47. The number of piperidine rings is 1. The molecule has 2 aliphatic heterocycles.